The van der Waals surface area contributed by atoms with Crippen LogP contribution in [0.4, 0.5) is 0 Å². The lowest BCUT2D eigenvalue weighted by atomic mass is 9.97. The summed E-state index contributed by atoms with van der Waals surface area (Å²) >= 11 is 0. The lowest BCUT2D eigenvalue weighted by Crippen LogP contribution is -2.22. The first-order valence-corrected chi connectivity index (χ1v) is 7.86. The molecule has 0 atom stereocenters. The second-order valence-corrected chi connectivity index (χ2v) is 4.21. The highest BCUT2D eigenvalue weighted by atomic mass is 14.9. The number of rotatable bonds is 0. The quantitative estimate of drug-likeness (QED) is 0.673. The monoisotopic (exact) mass is 244 g/mol. The molecule has 2 fully saturated rings. The maximum Gasteiger partial charge on any atom is 0.00388 e. The van der Waals surface area contributed by atoms with E-state index in [0.717, 1.165) is 0 Å². The SMILES string of the molecule is C1CCNCC1.CC.CC.NC1CCCCC1. The fourth-order valence-corrected chi connectivity index (χ4v) is 1.94. The topological polar surface area (TPSA) is 38.0 Å². The van der Waals surface area contributed by atoms with Gasteiger partial charge in [0.2, 0.25) is 0 Å². The van der Waals surface area contributed by atoms with E-state index in [-0.39, 0.29) is 0 Å². The van der Waals surface area contributed by atoms with Crippen molar-refractivity contribution in [1.82, 2.24) is 5.32 Å². The van der Waals surface area contributed by atoms with Gasteiger partial charge in [0.05, 0.1) is 0 Å². The number of nitrogens with two attached hydrogens (primary N) is 1. The normalized spacial score (nSPS) is 19.6. The third kappa shape index (κ3) is 15.9. The van der Waals surface area contributed by atoms with Crippen LogP contribution in [0.15, 0.2) is 0 Å². The predicted octanol–water partition coefficient (Wildman–Crippen LogP) is 4.09. The average Bonchev–Trinajstić information content (AvgIpc) is 2.47. The summed E-state index contributed by atoms with van der Waals surface area (Å²) in [5, 5.41) is 3.28. The van der Waals surface area contributed by atoms with Crippen LogP contribution in [0.3, 0.4) is 0 Å². The fraction of sp³-hybridized carbons (Fsp3) is 1.00. The van der Waals surface area contributed by atoms with E-state index in [9.17, 15) is 0 Å². The van der Waals surface area contributed by atoms with Crippen LogP contribution in [0.5, 0.6) is 0 Å². The van der Waals surface area contributed by atoms with Crippen molar-refractivity contribution < 1.29 is 0 Å². The third-order valence-electron chi connectivity index (χ3n) is 2.86. The Morgan fingerprint density at radius 1 is 0.706 bits per heavy atom. The molecule has 1 aliphatic heterocycles. The van der Waals surface area contributed by atoms with E-state index in [1.165, 1.54) is 64.5 Å². The van der Waals surface area contributed by atoms with Gasteiger partial charge in [0, 0.05) is 6.04 Å². The molecular formula is C15H36N2. The van der Waals surface area contributed by atoms with Crippen LogP contribution in [0.1, 0.15) is 79.1 Å². The molecule has 17 heavy (non-hydrogen) atoms. The first-order valence-electron chi connectivity index (χ1n) is 7.86. The minimum atomic E-state index is 0.536. The highest BCUT2D eigenvalue weighted by molar-refractivity contribution is 4.66. The Balaban J connectivity index is 0. The molecule has 0 aromatic heterocycles. The van der Waals surface area contributed by atoms with Crippen LogP contribution in [0.25, 0.3) is 0 Å². The van der Waals surface area contributed by atoms with E-state index in [4.69, 9.17) is 5.73 Å². The summed E-state index contributed by atoms with van der Waals surface area (Å²) in [5.74, 6) is 0. The van der Waals surface area contributed by atoms with E-state index in [1.54, 1.807) is 0 Å². The molecule has 0 radical (unpaired) electrons. The van der Waals surface area contributed by atoms with Crippen molar-refractivity contribution in [3.05, 3.63) is 0 Å². The summed E-state index contributed by atoms with van der Waals surface area (Å²) in [7, 11) is 0. The van der Waals surface area contributed by atoms with E-state index in [0.29, 0.717) is 6.04 Å². The van der Waals surface area contributed by atoms with Gasteiger partial charge < -0.3 is 11.1 Å². The summed E-state index contributed by atoms with van der Waals surface area (Å²) in [4.78, 5) is 0. The second kappa shape index (κ2) is 18.3. The Bertz CT molecular complexity index is 94.0. The van der Waals surface area contributed by atoms with Gasteiger partial charge in [0.1, 0.15) is 0 Å². The summed E-state index contributed by atoms with van der Waals surface area (Å²) in [5.41, 5.74) is 5.63. The Kier molecular flexibility index (Phi) is 20.7. The highest BCUT2D eigenvalue weighted by Gasteiger charge is 2.06. The zero-order valence-corrected chi connectivity index (χ0v) is 12.7. The average molecular weight is 244 g/mol. The molecule has 2 heteroatoms. The Labute approximate surface area is 110 Å². The van der Waals surface area contributed by atoms with Crippen molar-refractivity contribution in [3.63, 3.8) is 0 Å². The molecule has 3 N–H and O–H groups in total. The van der Waals surface area contributed by atoms with Gasteiger partial charge in [-0.25, -0.2) is 0 Å². The van der Waals surface area contributed by atoms with Crippen LogP contribution in [0.2, 0.25) is 0 Å². The molecule has 0 aromatic carbocycles. The van der Waals surface area contributed by atoms with Crippen molar-refractivity contribution in [1.29, 1.82) is 0 Å². The Morgan fingerprint density at radius 3 is 1.29 bits per heavy atom. The lowest BCUT2D eigenvalue weighted by Gasteiger charge is -2.15. The molecule has 0 unspecified atom stereocenters. The van der Waals surface area contributed by atoms with Gasteiger partial charge in [0.25, 0.3) is 0 Å². The molecule has 2 rings (SSSR count). The minimum absolute atomic E-state index is 0.536. The van der Waals surface area contributed by atoms with Gasteiger partial charge in [-0.3, -0.25) is 0 Å². The van der Waals surface area contributed by atoms with E-state index < -0.39 is 0 Å². The first kappa shape index (κ1) is 19.3. The first-order chi connectivity index (χ1) is 8.39. The molecular weight excluding hydrogens is 208 g/mol. The zero-order chi connectivity index (χ0) is 13.4. The number of hydrogen-bond donors (Lipinski definition) is 2. The maximum absolute atomic E-state index is 5.63. The van der Waals surface area contributed by atoms with Gasteiger partial charge in [-0.1, -0.05) is 53.4 Å². The summed E-state index contributed by atoms with van der Waals surface area (Å²) in [6, 6.07) is 0.536. The van der Waals surface area contributed by atoms with Crippen molar-refractivity contribution in [2.24, 2.45) is 5.73 Å². The molecule has 2 aliphatic rings. The predicted molar refractivity (Wildman–Crippen MR) is 80.5 cm³/mol. The van der Waals surface area contributed by atoms with Crippen LogP contribution < -0.4 is 11.1 Å². The van der Waals surface area contributed by atoms with Crippen LogP contribution in [-0.4, -0.2) is 19.1 Å². The van der Waals surface area contributed by atoms with Crippen molar-refractivity contribution in [2.75, 3.05) is 13.1 Å². The standard InChI is InChI=1S/C6H13N.C5H11N.2C2H6/c7-6-4-2-1-3-5-6;1-2-4-6-5-3-1;2*1-2/h6H,1-5,7H2;6H,1-5H2;2*1-2H3. The molecule has 2 nitrogen and oxygen atoms in total. The Hall–Kier alpha value is -0.0800. The number of piperidine rings is 1. The number of nitrogens with one attached hydrogen (secondary N) is 1. The largest absolute Gasteiger partial charge is 0.328 e. The van der Waals surface area contributed by atoms with Gasteiger partial charge in [-0.05, 0) is 38.8 Å². The molecule has 1 saturated heterocycles. The zero-order valence-electron chi connectivity index (χ0n) is 12.7. The van der Waals surface area contributed by atoms with Gasteiger partial charge in [-0.15, -0.1) is 0 Å². The van der Waals surface area contributed by atoms with Crippen molar-refractivity contribution in [2.45, 2.75) is 85.1 Å². The van der Waals surface area contributed by atoms with Crippen LogP contribution >= 0.6 is 0 Å². The van der Waals surface area contributed by atoms with E-state index in [2.05, 4.69) is 5.32 Å². The Morgan fingerprint density at radius 2 is 1.12 bits per heavy atom. The van der Waals surface area contributed by atoms with Gasteiger partial charge >= 0.3 is 0 Å². The van der Waals surface area contributed by atoms with Crippen molar-refractivity contribution in [3.8, 4) is 0 Å². The molecule has 106 valence electrons. The van der Waals surface area contributed by atoms with Crippen LogP contribution in [-0.2, 0) is 0 Å². The van der Waals surface area contributed by atoms with E-state index >= 15 is 0 Å². The summed E-state index contributed by atoms with van der Waals surface area (Å²) in [6.45, 7) is 10.5. The minimum Gasteiger partial charge on any atom is -0.328 e. The smallest absolute Gasteiger partial charge is 0.00388 e. The third-order valence-corrected chi connectivity index (χ3v) is 2.86. The summed E-state index contributed by atoms with van der Waals surface area (Å²) < 4.78 is 0. The molecule has 0 bridgehead atoms. The molecule has 0 spiro atoms. The second-order valence-electron chi connectivity index (χ2n) is 4.21. The highest BCUT2D eigenvalue weighted by Crippen LogP contribution is 2.14. The molecule has 0 amide bonds. The van der Waals surface area contributed by atoms with Gasteiger partial charge in [0.15, 0.2) is 0 Å². The van der Waals surface area contributed by atoms with Crippen LogP contribution in [0, 0.1) is 0 Å². The molecule has 0 aromatic rings. The molecule has 1 aliphatic carbocycles. The van der Waals surface area contributed by atoms with E-state index in [1.807, 2.05) is 27.7 Å². The summed E-state index contributed by atoms with van der Waals surface area (Å²) in [6.07, 6.45) is 10.9. The lowest BCUT2D eigenvalue weighted by molar-refractivity contribution is 0.441. The maximum atomic E-state index is 5.63. The molecule has 1 heterocycles. The fourth-order valence-electron chi connectivity index (χ4n) is 1.94. The number of hydrogen-bond acceptors (Lipinski definition) is 2. The van der Waals surface area contributed by atoms with Gasteiger partial charge in [-0.2, -0.15) is 0 Å². The van der Waals surface area contributed by atoms with Crippen molar-refractivity contribution >= 4 is 0 Å². The molecule has 1 saturated carbocycles.